The molecule has 0 aliphatic carbocycles. The molecule has 1 radical (unpaired) electrons. The van der Waals surface area contributed by atoms with Crippen LogP contribution in [0.2, 0.25) is 0 Å². The molecule has 1 aromatic carbocycles. The quantitative estimate of drug-likeness (QED) is 0.554. The van der Waals surface area contributed by atoms with Gasteiger partial charge >= 0.3 is 20.0 Å². The van der Waals surface area contributed by atoms with Crippen LogP contribution < -0.4 is 0 Å². The van der Waals surface area contributed by atoms with E-state index in [9.17, 15) is 26.3 Å². The Kier molecular flexibility index (Phi) is 5.50. The summed E-state index contributed by atoms with van der Waals surface area (Å²) >= 11 is 0. The molecule has 0 saturated heterocycles. The Bertz CT molecular complexity index is 298. The fraction of sp³-hybridized carbons (Fsp3) is 0.250. The van der Waals surface area contributed by atoms with Crippen molar-refractivity contribution in [1.29, 1.82) is 0 Å². The molecule has 0 saturated carbocycles. The van der Waals surface area contributed by atoms with Crippen LogP contribution in [0.25, 0.3) is 0 Å². The third kappa shape index (κ3) is 5.59. The molecule has 17 heavy (non-hydrogen) atoms. The minimum absolute atomic E-state index is 0. The van der Waals surface area contributed by atoms with Crippen LogP contribution in [0.1, 0.15) is 11.1 Å². The summed E-state index contributed by atoms with van der Waals surface area (Å²) in [7, 11) is 0. The lowest BCUT2D eigenvalue weighted by atomic mass is 10.1. The van der Waals surface area contributed by atoms with Crippen LogP contribution in [-0.4, -0.2) is 17.7 Å². The molecule has 0 atom stereocenters. The first-order chi connectivity index (χ1) is 7.62. The highest BCUT2D eigenvalue weighted by Gasteiger charge is 2.33. The van der Waals surface area contributed by atoms with Crippen LogP contribution in [0.3, 0.4) is 0 Å². The van der Waals surface area contributed by atoms with E-state index in [1.807, 2.05) is 0 Å². The second kappa shape index (κ2) is 5.92. The zero-order valence-electron chi connectivity index (χ0n) is 8.05. The van der Waals surface area contributed by atoms with E-state index in [-0.39, 0.29) is 7.69 Å². The fourth-order valence-corrected chi connectivity index (χ4v) is 0.848. The standard InChI is InChI=1S/C8H4F6.BH2O2/c9-7(10,11)5-1-2-6(4-3-5)8(12,13)14;2-1-3/h1-4H;2-3H. The number of hydrogen-bond acceptors (Lipinski definition) is 2. The molecular formula is C8H6BF6O2. The Hall–Kier alpha value is -1.22. The van der Waals surface area contributed by atoms with E-state index in [0.29, 0.717) is 24.3 Å². The van der Waals surface area contributed by atoms with E-state index in [1.54, 1.807) is 0 Å². The summed E-state index contributed by atoms with van der Waals surface area (Å²) in [4.78, 5) is 0. The lowest BCUT2D eigenvalue weighted by Gasteiger charge is -2.09. The molecule has 95 valence electrons. The predicted molar refractivity (Wildman–Crippen MR) is 46.6 cm³/mol. The summed E-state index contributed by atoms with van der Waals surface area (Å²) in [6, 6.07) is 1.62. The van der Waals surface area contributed by atoms with E-state index in [4.69, 9.17) is 10.0 Å². The number of benzene rings is 1. The summed E-state index contributed by atoms with van der Waals surface area (Å²) in [5.74, 6) is 0. The maximum Gasteiger partial charge on any atom is 0.482 e. The Morgan fingerprint density at radius 1 is 0.706 bits per heavy atom. The second-order valence-corrected chi connectivity index (χ2v) is 2.69. The van der Waals surface area contributed by atoms with Crippen LogP contribution in [0.15, 0.2) is 24.3 Å². The summed E-state index contributed by atoms with van der Waals surface area (Å²) in [6.45, 7) is 0. The molecule has 0 spiro atoms. The number of halogens is 6. The molecule has 0 aliphatic heterocycles. The zero-order chi connectivity index (χ0) is 13.7. The van der Waals surface area contributed by atoms with Crippen molar-refractivity contribution < 1.29 is 36.4 Å². The van der Waals surface area contributed by atoms with Gasteiger partial charge < -0.3 is 10.0 Å². The number of alkyl halides is 6. The van der Waals surface area contributed by atoms with Crippen molar-refractivity contribution in [3.63, 3.8) is 0 Å². The van der Waals surface area contributed by atoms with Crippen molar-refractivity contribution in [2.45, 2.75) is 12.4 Å². The Labute approximate surface area is 92.8 Å². The highest BCUT2D eigenvalue weighted by Crippen LogP contribution is 2.33. The van der Waals surface area contributed by atoms with Gasteiger partial charge in [0, 0.05) is 0 Å². The maximum absolute atomic E-state index is 11.9. The van der Waals surface area contributed by atoms with E-state index in [2.05, 4.69) is 0 Å². The van der Waals surface area contributed by atoms with Crippen molar-refractivity contribution in [3.8, 4) is 0 Å². The normalized spacial score (nSPS) is 11.5. The zero-order valence-corrected chi connectivity index (χ0v) is 8.05. The molecule has 9 heteroatoms. The summed E-state index contributed by atoms with van der Waals surface area (Å²) in [6.07, 6.45) is -9.21. The van der Waals surface area contributed by atoms with Crippen LogP contribution in [0.4, 0.5) is 26.3 Å². The monoisotopic (exact) mass is 259 g/mol. The third-order valence-corrected chi connectivity index (χ3v) is 1.54. The van der Waals surface area contributed by atoms with Crippen LogP contribution in [0.5, 0.6) is 0 Å². The van der Waals surface area contributed by atoms with E-state index < -0.39 is 23.5 Å². The third-order valence-electron chi connectivity index (χ3n) is 1.54. The molecule has 0 unspecified atom stereocenters. The molecule has 0 amide bonds. The SMILES string of the molecule is FC(F)(F)c1ccc(C(F)(F)F)cc1.O[B]O. The highest BCUT2D eigenvalue weighted by molar-refractivity contribution is 6.13. The summed E-state index contributed by atoms with van der Waals surface area (Å²) in [5, 5.41) is 14.0. The van der Waals surface area contributed by atoms with Crippen molar-refractivity contribution in [1.82, 2.24) is 0 Å². The van der Waals surface area contributed by atoms with Crippen LogP contribution in [0, 0.1) is 0 Å². The van der Waals surface area contributed by atoms with Crippen molar-refractivity contribution in [2.24, 2.45) is 0 Å². The lowest BCUT2D eigenvalue weighted by molar-refractivity contribution is -0.141. The van der Waals surface area contributed by atoms with Gasteiger partial charge in [0.15, 0.2) is 0 Å². The first-order valence-electron chi connectivity index (χ1n) is 3.97. The topological polar surface area (TPSA) is 40.5 Å². The van der Waals surface area contributed by atoms with Crippen LogP contribution >= 0.6 is 0 Å². The highest BCUT2D eigenvalue weighted by atomic mass is 19.4. The average molecular weight is 259 g/mol. The molecule has 2 N–H and O–H groups in total. The molecular weight excluding hydrogens is 253 g/mol. The second-order valence-electron chi connectivity index (χ2n) is 2.69. The number of hydrogen-bond donors (Lipinski definition) is 2. The minimum Gasteiger partial charge on any atom is -0.429 e. The smallest absolute Gasteiger partial charge is 0.429 e. The van der Waals surface area contributed by atoms with Gasteiger partial charge in [-0.15, -0.1) is 0 Å². The molecule has 0 fully saturated rings. The molecule has 1 rings (SSSR count). The fourth-order valence-electron chi connectivity index (χ4n) is 0.848. The minimum atomic E-state index is -4.61. The van der Waals surface area contributed by atoms with Gasteiger partial charge in [-0.25, -0.2) is 0 Å². The largest absolute Gasteiger partial charge is 0.482 e. The first kappa shape index (κ1) is 15.8. The van der Waals surface area contributed by atoms with Crippen molar-refractivity contribution in [3.05, 3.63) is 35.4 Å². The summed E-state index contributed by atoms with van der Waals surface area (Å²) in [5.41, 5.74) is -2.18. The van der Waals surface area contributed by atoms with Gasteiger partial charge in [0.05, 0.1) is 11.1 Å². The van der Waals surface area contributed by atoms with Crippen molar-refractivity contribution >= 4 is 7.69 Å². The Balaban J connectivity index is 0.000000770. The molecule has 0 bridgehead atoms. The average Bonchev–Trinajstić information content (AvgIpc) is 2.16. The first-order valence-corrected chi connectivity index (χ1v) is 3.97. The van der Waals surface area contributed by atoms with E-state index >= 15 is 0 Å². The summed E-state index contributed by atoms with van der Waals surface area (Å²) < 4.78 is 71.6. The molecule has 0 aromatic heterocycles. The van der Waals surface area contributed by atoms with Crippen molar-refractivity contribution in [2.75, 3.05) is 0 Å². The Morgan fingerprint density at radius 2 is 0.882 bits per heavy atom. The van der Waals surface area contributed by atoms with Gasteiger partial charge in [-0.1, -0.05) is 0 Å². The molecule has 2 nitrogen and oxygen atoms in total. The lowest BCUT2D eigenvalue weighted by Crippen LogP contribution is -2.08. The van der Waals surface area contributed by atoms with Gasteiger partial charge in [-0.2, -0.15) is 26.3 Å². The van der Waals surface area contributed by atoms with Gasteiger partial charge in [-0.3, -0.25) is 0 Å². The van der Waals surface area contributed by atoms with Gasteiger partial charge in [0.25, 0.3) is 0 Å². The van der Waals surface area contributed by atoms with E-state index in [0.717, 1.165) is 0 Å². The number of rotatable bonds is 0. The molecule has 1 aromatic rings. The van der Waals surface area contributed by atoms with E-state index in [1.165, 1.54) is 0 Å². The maximum atomic E-state index is 11.9. The van der Waals surface area contributed by atoms with Gasteiger partial charge in [0.2, 0.25) is 0 Å². The van der Waals surface area contributed by atoms with Gasteiger partial charge in [0.1, 0.15) is 0 Å². The van der Waals surface area contributed by atoms with Crippen LogP contribution in [-0.2, 0) is 12.4 Å². The van der Waals surface area contributed by atoms with Gasteiger partial charge in [-0.05, 0) is 24.3 Å². The molecule has 0 aliphatic rings. The Morgan fingerprint density at radius 3 is 1.00 bits per heavy atom. The predicted octanol–water partition coefficient (Wildman–Crippen LogP) is 2.23. The molecule has 0 heterocycles.